The van der Waals surface area contributed by atoms with Crippen LogP contribution in [0.5, 0.6) is 0 Å². The number of hydrogen-bond acceptors (Lipinski definition) is 3. The van der Waals surface area contributed by atoms with Gasteiger partial charge in [-0.3, -0.25) is 4.98 Å². The number of halogens is 5. The molecule has 0 saturated heterocycles. The van der Waals surface area contributed by atoms with Crippen LogP contribution in [0.25, 0.3) is 22.0 Å². The van der Waals surface area contributed by atoms with Crippen molar-refractivity contribution in [1.29, 1.82) is 0 Å². The largest absolute Gasteiger partial charge is 0.478 e. The van der Waals surface area contributed by atoms with E-state index in [1.165, 1.54) is 37.3 Å². The lowest BCUT2D eigenvalue weighted by Gasteiger charge is -2.37. The molecule has 0 aliphatic rings. The van der Waals surface area contributed by atoms with Crippen LogP contribution in [-0.4, -0.2) is 27.3 Å². The Balaban J connectivity index is 1.77. The molecule has 3 aromatic carbocycles. The van der Waals surface area contributed by atoms with Crippen LogP contribution in [0, 0.1) is 5.82 Å². The first-order chi connectivity index (χ1) is 16.4. The highest BCUT2D eigenvalue weighted by Gasteiger charge is 2.59. The summed E-state index contributed by atoms with van der Waals surface area (Å²) in [7, 11) is 0. The summed E-state index contributed by atoms with van der Waals surface area (Å²) in [5.74, 6) is -3.91. The number of aromatic nitrogens is 1. The van der Waals surface area contributed by atoms with Crippen LogP contribution in [0.3, 0.4) is 0 Å². The molecule has 0 fully saturated rings. The molecule has 9 heteroatoms. The molecule has 0 radical (unpaired) electrons. The second-order valence-corrected chi connectivity index (χ2v) is 8.55. The van der Waals surface area contributed by atoms with E-state index in [1.54, 1.807) is 24.3 Å². The number of carbonyl (C=O) groups is 1. The van der Waals surface area contributed by atoms with E-state index in [-0.39, 0.29) is 10.6 Å². The summed E-state index contributed by atoms with van der Waals surface area (Å²) in [6.07, 6.45) is -4.06. The number of fused-ring (bicyclic) bond motifs is 1. The highest BCUT2D eigenvalue weighted by Crippen LogP contribution is 2.50. The summed E-state index contributed by atoms with van der Waals surface area (Å²) in [6.45, 7) is 1.21. The molecule has 2 atom stereocenters. The van der Waals surface area contributed by atoms with Crippen LogP contribution in [0.1, 0.15) is 34.3 Å². The Hall–Kier alpha value is -3.49. The van der Waals surface area contributed by atoms with Gasteiger partial charge in [-0.2, -0.15) is 13.2 Å². The topological polar surface area (TPSA) is 70.4 Å². The van der Waals surface area contributed by atoms with Crippen LogP contribution in [0.4, 0.5) is 17.6 Å². The molecule has 1 heterocycles. The Kier molecular flexibility index (Phi) is 6.29. The van der Waals surface area contributed by atoms with Gasteiger partial charge in [-0.15, -0.1) is 0 Å². The van der Waals surface area contributed by atoms with Gasteiger partial charge in [0, 0.05) is 28.1 Å². The summed E-state index contributed by atoms with van der Waals surface area (Å²) in [4.78, 5) is 15.1. The van der Waals surface area contributed by atoms with E-state index in [0.29, 0.717) is 22.0 Å². The molecule has 0 bridgehead atoms. The minimum absolute atomic E-state index is 0.0195. The summed E-state index contributed by atoms with van der Waals surface area (Å²) < 4.78 is 57.1. The Morgan fingerprint density at radius 3 is 2.29 bits per heavy atom. The van der Waals surface area contributed by atoms with Gasteiger partial charge in [0.25, 0.3) is 0 Å². The fourth-order valence-corrected chi connectivity index (χ4v) is 4.43. The Morgan fingerprint density at radius 1 is 1.00 bits per heavy atom. The van der Waals surface area contributed by atoms with Crippen molar-refractivity contribution in [1.82, 2.24) is 4.98 Å². The number of carboxylic acid groups (broad SMARTS) is 1. The smallest absolute Gasteiger partial charge is 0.422 e. The predicted octanol–water partition coefficient (Wildman–Crippen LogP) is 6.95. The van der Waals surface area contributed by atoms with E-state index in [4.69, 9.17) is 16.7 Å². The first kappa shape index (κ1) is 24.6. The van der Waals surface area contributed by atoms with Crippen LogP contribution in [0.2, 0.25) is 5.02 Å². The third-order valence-electron chi connectivity index (χ3n) is 6.09. The molecule has 0 saturated carbocycles. The van der Waals surface area contributed by atoms with Crippen molar-refractivity contribution in [3.05, 3.63) is 100 Å². The highest BCUT2D eigenvalue weighted by molar-refractivity contribution is 6.31. The van der Waals surface area contributed by atoms with E-state index in [9.17, 15) is 27.5 Å². The third kappa shape index (κ3) is 4.35. The molecular weight excluding hydrogens is 486 g/mol. The lowest BCUT2D eigenvalue weighted by Crippen LogP contribution is -2.46. The summed E-state index contributed by atoms with van der Waals surface area (Å²) in [5, 5.41) is 20.4. The van der Waals surface area contributed by atoms with Gasteiger partial charge in [-0.1, -0.05) is 54.9 Å². The van der Waals surface area contributed by atoms with Crippen molar-refractivity contribution in [2.45, 2.75) is 24.6 Å². The van der Waals surface area contributed by atoms with Crippen LogP contribution >= 0.6 is 11.6 Å². The molecule has 35 heavy (non-hydrogen) atoms. The molecular formula is C26H18ClF4NO3. The molecule has 180 valence electrons. The molecule has 0 aliphatic carbocycles. The van der Waals surface area contributed by atoms with E-state index in [0.717, 1.165) is 18.3 Å². The molecule has 0 unspecified atom stereocenters. The molecule has 1 aromatic heterocycles. The van der Waals surface area contributed by atoms with E-state index >= 15 is 0 Å². The Morgan fingerprint density at radius 2 is 1.66 bits per heavy atom. The Bertz CT molecular complexity index is 1440. The number of hydrogen-bond donors (Lipinski definition) is 2. The van der Waals surface area contributed by atoms with Gasteiger partial charge in [0.1, 0.15) is 5.82 Å². The normalized spacial score (nSPS) is 14.5. The van der Waals surface area contributed by atoms with Gasteiger partial charge in [-0.25, -0.2) is 9.18 Å². The summed E-state index contributed by atoms with van der Waals surface area (Å²) >= 11 is 6.35. The van der Waals surface area contributed by atoms with Crippen molar-refractivity contribution >= 4 is 28.5 Å². The second-order valence-electron chi connectivity index (χ2n) is 8.14. The molecule has 0 aliphatic heterocycles. The van der Waals surface area contributed by atoms with Crippen molar-refractivity contribution in [2.75, 3.05) is 0 Å². The number of pyridine rings is 1. The molecule has 0 amide bonds. The SMILES string of the molecule is C[C@H](c1ccc(-c2ccc(C(=O)O)c(F)c2)cc1Cl)[C@@](O)(c1cnc2ccccc2c1)C(F)(F)F. The zero-order chi connectivity index (χ0) is 25.5. The maximum Gasteiger partial charge on any atom is 0.422 e. The van der Waals surface area contributed by atoms with E-state index < -0.39 is 40.6 Å². The zero-order valence-corrected chi connectivity index (χ0v) is 18.9. The number of aliphatic hydroxyl groups is 1. The van der Waals surface area contributed by atoms with Gasteiger partial charge in [0.2, 0.25) is 0 Å². The van der Waals surface area contributed by atoms with Crippen LogP contribution < -0.4 is 0 Å². The minimum atomic E-state index is -5.06. The average Bonchev–Trinajstić information content (AvgIpc) is 2.81. The number of alkyl halides is 3. The third-order valence-corrected chi connectivity index (χ3v) is 6.42. The molecule has 0 spiro atoms. The van der Waals surface area contributed by atoms with E-state index in [2.05, 4.69) is 4.98 Å². The minimum Gasteiger partial charge on any atom is -0.478 e. The first-order valence-corrected chi connectivity index (χ1v) is 10.8. The summed E-state index contributed by atoms with van der Waals surface area (Å²) in [5.41, 5.74) is -3.08. The maximum atomic E-state index is 14.3. The predicted molar refractivity (Wildman–Crippen MR) is 124 cm³/mol. The average molecular weight is 504 g/mol. The fraction of sp³-hybridized carbons (Fsp3) is 0.154. The number of aromatic carboxylic acids is 1. The fourth-order valence-electron chi connectivity index (χ4n) is 4.09. The van der Waals surface area contributed by atoms with Gasteiger partial charge in [0.15, 0.2) is 5.60 Å². The standard InChI is InChI=1S/C26H18ClF4NO3/c1-14(25(35,26(29,30)31)18-10-17-4-2-3-5-23(17)32-13-18)19-8-6-15(11-21(19)27)16-7-9-20(24(33)34)22(28)12-16/h2-14,35H,1H3,(H,33,34)/t14-,25-/m1/s1. The number of benzene rings is 3. The first-order valence-electron chi connectivity index (χ1n) is 10.4. The number of carboxylic acids is 1. The lowest BCUT2D eigenvalue weighted by molar-refractivity contribution is -0.274. The van der Waals surface area contributed by atoms with E-state index in [1.807, 2.05) is 0 Å². The number of para-hydroxylation sites is 1. The Labute approximate surface area is 202 Å². The van der Waals surface area contributed by atoms with Gasteiger partial charge >= 0.3 is 12.1 Å². The number of rotatable bonds is 5. The monoisotopic (exact) mass is 503 g/mol. The van der Waals surface area contributed by atoms with Gasteiger partial charge < -0.3 is 10.2 Å². The molecule has 4 nitrogen and oxygen atoms in total. The molecule has 4 rings (SSSR count). The van der Waals surface area contributed by atoms with Crippen molar-refractivity contribution in [3.8, 4) is 11.1 Å². The van der Waals surface area contributed by atoms with Gasteiger partial charge in [-0.05, 0) is 47.0 Å². The van der Waals surface area contributed by atoms with Crippen molar-refractivity contribution in [2.24, 2.45) is 0 Å². The zero-order valence-electron chi connectivity index (χ0n) is 18.1. The van der Waals surface area contributed by atoms with Crippen LogP contribution in [0.15, 0.2) is 72.9 Å². The maximum absolute atomic E-state index is 14.3. The van der Waals surface area contributed by atoms with Gasteiger partial charge in [0.05, 0.1) is 11.1 Å². The molecule has 2 N–H and O–H groups in total. The van der Waals surface area contributed by atoms with Crippen molar-refractivity contribution < 1.29 is 32.6 Å². The second kappa shape index (κ2) is 8.94. The molecule has 4 aromatic rings. The number of nitrogens with zero attached hydrogens (tertiary/aromatic N) is 1. The summed E-state index contributed by atoms with van der Waals surface area (Å²) in [6, 6.07) is 15.4. The quantitative estimate of drug-likeness (QED) is 0.289. The van der Waals surface area contributed by atoms with Crippen LogP contribution in [-0.2, 0) is 5.60 Å². The highest BCUT2D eigenvalue weighted by atomic mass is 35.5. The van der Waals surface area contributed by atoms with Crippen molar-refractivity contribution in [3.63, 3.8) is 0 Å². The lowest BCUT2D eigenvalue weighted by atomic mass is 9.77.